The van der Waals surface area contributed by atoms with Crippen LogP contribution in [0.4, 0.5) is 0 Å². The van der Waals surface area contributed by atoms with E-state index in [0.717, 1.165) is 12.8 Å². The summed E-state index contributed by atoms with van der Waals surface area (Å²) in [5, 5.41) is 0. The minimum Gasteiger partial charge on any atom is -0.331 e. The molecule has 0 aliphatic carbocycles. The molecule has 0 saturated carbocycles. The number of allylic oxidation sites excluding steroid dienone is 2. The van der Waals surface area contributed by atoms with Crippen LogP contribution < -0.4 is 0 Å². The average Bonchev–Trinajstić information content (AvgIpc) is 2.70. The van der Waals surface area contributed by atoms with Gasteiger partial charge in [0.15, 0.2) is 0 Å². The van der Waals surface area contributed by atoms with E-state index in [-0.39, 0.29) is 11.0 Å². The van der Waals surface area contributed by atoms with Crippen molar-refractivity contribution in [2.45, 2.75) is 59.9 Å². The van der Waals surface area contributed by atoms with Crippen LogP contribution in [-0.2, 0) is 5.54 Å². The number of hydrogen-bond donors (Lipinski definition) is 0. The Morgan fingerprint density at radius 3 is 2.29 bits per heavy atom. The van der Waals surface area contributed by atoms with Crippen molar-refractivity contribution >= 4 is 0 Å². The summed E-state index contributed by atoms with van der Waals surface area (Å²) in [4.78, 5) is 4.22. The summed E-state index contributed by atoms with van der Waals surface area (Å²) in [6.07, 6.45) is 10.4. The molecule has 0 amide bonds. The van der Waals surface area contributed by atoms with Crippen molar-refractivity contribution in [1.82, 2.24) is 9.55 Å². The smallest absolute Gasteiger partial charge is 0.0951 e. The maximum atomic E-state index is 4.22. The molecule has 0 aliphatic heterocycles. The van der Waals surface area contributed by atoms with Crippen LogP contribution in [0.5, 0.6) is 0 Å². The molecule has 0 bridgehead atoms. The van der Waals surface area contributed by atoms with Gasteiger partial charge < -0.3 is 4.57 Å². The van der Waals surface area contributed by atoms with Gasteiger partial charge in [0.05, 0.1) is 11.9 Å². The summed E-state index contributed by atoms with van der Waals surface area (Å²) in [6, 6.07) is 0. The molecule has 1 aromatic heterocycles. The van der Waals surface area contributed by atoms with Crippen LogP contribution in [0.2, 0.25) is 0 Å². The monoisotopic (exact) mass is 234 g/mol. The molecule has 96 valence electrons. The third kappa shape index (κ3) is 2.80. The quantitative estimate of drug-likeness (QED) is 0.706. The van der Waals surface area contributed by atoms with Gasteiger partial charge in [0.2, 0.25) is 0 Å². The molecular weight excluding hydrogens is 208 g/mol. The minimum atomic E-state index is 0.112. The lowest BCUT2D eigenvalue weighted by Crippen LogP contribution is -2.44. The molecule has 0 spiro atoms. The zero-order valence-electron chi connectivity index (χ0n) is 12.1. The van der Waals surface area contributed by atoms with Gasteiger partial charge in [-0.15, -0.1) is 0 Å². The van der Waals surface area contributed by atoms with Crippen molar-refractivity contribution in [2.75, 3.05) is 0 Å². The highest BCUT2D eigenvalue weighted by Gasteiger charge is 2.40. The second-order valence-corrected chi connectivity index (χ2v) is 6.09. The lowest BCUT2D eigenvalue weighted by Gasteiger charge is -2.45. The second-order valence-electron chi connectivity index (χ2n) is 6.09. The predicted octanol–water partition coefficient (Wildman–Crippen LogP) is 4.39. The Labute approximate surface area is 106 Å². The lowest BCUT2D eigenvalue weighted by molar-refractivity contribution is 0.0928. The number of nitrogens with zero attached hydrogens (tertiary/aromatic N) is 2. The molecular formula is C15H26N2. The van der Waals surface area contributed by atoms with Gasteiger partial charge in [0.1, 0.15) is 0 Å². The van der Waals surface area contributed by atoms with E-state index in [4.69, 9.17) is 0 Å². The molecule has 1 aromatic rings. The Hall–Kier alpha value is -1.05. The minimum absolute atomic E-state index is 0.112. The number of imidazole rings is 1. The van der Waals surface area contributed by atoms with Crippen LogP contribution in [0.3, 0.4) is 0 Å². The zero-order chi connectivity index (χ0) is 13.1. The molecule has 0 fully saturated rings. The number of rotatable bonds is 4. The molecule has 0 N–H and O–H groups in total. The largest absolute Gasteiger partial charge is 0.331 e. The van der Waals surface area contributed by atoms with Gasteiger partial charge in [-0.3, -0.25) is 0 Å². The van der Waals surface area contributed by atoms with Gasteiger partial charge in [-0.25, -0.2) is 4.98 Å². The van der Waals surface area contributed by atoms with Gasteiger partial charge in [-0.1, -0.05) is 39.3 Å². The third-order valence-corrected chi connectivity index (χ3v) is 3.83. The highest BCUT2D eigenvalue weighted by Crippen LogP contribution is 2.43. The molecule has 2 heteroatoms. The Bertz CT molecular complexity index is 364. The fourth-order valence-electron chi connectivity index (χ4n) is 2.54. The molecule has 1 unspecified atom stereocenters. The lowest BCUT2D eigenvalue weighted by atomic mass is 9.69. The second kappa shape index (κ2) is 5.07. The van der Waals surface area contributed by atoms with Gasteiger partial charge >= 0.3 is 0 Å². The summed E-state index contributed by atoms with van der Waals surface area (Å²) < 4.78 is 2.28. The zero-order valence-corrected chi connectivity index (χ0v) is 12.1. The fourth-order valence-corrected chi connectivity index (χ4v) is 2.54. The van der Waals surface area contributed by atoms with Crippen LogP contribution in [0.15, 0.2) is 30.4 Å². The van der Waals surface area contributed by atoms with E-state index < -0.39 is 0 Å². The summed E-state index contributed by atoms with van der Waals surface area (Å²) in [6.45, 7) is 13.5. The van der Waals surface area contributed by atoms with Crippen molar-refractivity contribution in [3.8, 4) is 0 Å². The molecule has 17 heavy (non-hydrogen) atoms. The van der Waals surface area contributed by atoms with Crippen molar-refractivity contribution in [3.05, 3.63) is 30.4 Å². The van der Waals surface area contributed by atoms with Gasteiger partial charge in [0, 0.05) is 12.4 Å². The van der Waals surface area contributed by atoms with Crippen LogP contribution in [0.25, 0.3) is 0 Å². The molecule has 2 nitrogen and oxygen atoms in total. The normalized spacial score (nSPS) is 15.4. The fraction of sp³-hybridized carbons (Fsp3) is 0.667. The van der Waals surface area contributed by atoms with E-state index in [9.17, 15) is 0 Å². The number of aromatic nitrogens is 2. The Morgan fingerprint density at radius 1 is 1.29 bits per heavy atom. The molecule has 0 aliphatic rings. The molecule has 1 rings (SSSR count). The molecule has 1 heterocycles. The maximum Gasteiger partial charge on any atom is 0.0951 e. The van der Waals surface area contributed by atoms with E-state index in [2.05, 4.69) is 63.4 Å². The van der Waals surface area contributed by atoms with Crippen LogP contribution in [-0.4, -0.2) is 9.55 Å². The summed E-state index contributed by atoms with van der Waals surface area (Å²) >= 11 is 0. The van der Waals surface area contributed by atoms with E-state index in [0.29, 0.717) is 0 Å². The van der Waals surface area contributed by atoms with E-state index in [1.807, 2.05) is 12.5 Å². The summed E-state index contributed by atoms with van der Waals surface area (Å²) in [5.41, 5.74) is 1.70. The highest BCUT2D eigenvalue weighted by atomic mass is 15.1. The van der Waals surface area contributed by atoms with Gasteiger partial charge in [-0.05, 0) is 32.1 Å². The topological polar surface area (TPSA) is 17.8 Å². The van der Waals surface area contributed by atoms with Crippen LogP contribution >= 0.6 is 0 Å². The maximum absolute atomic E-state index is 4.22. The summed E-state index contributed by atoms with van der Waals surface area (Å²) in [7, 11) is 0. The van der Waals surface area contributed by atoms with Gasteiger partial charge in [0.25, 0.3) is 0 Å². The third-order valence-electron chi connectivity index (χ3n) is 3.83. The Balaban J connectivity index is 3.20. The SMILES string of the molecule is CCC(CC=C(C)C)(n1ccnc1)C(C)(C)C. The first-order valence-corrected chi connectivity index (χ1v) is 6.45. The van der Waals surface area contributed by atoms with Gasteiger partial charge in [-0.2, -0.15) is 0 Å². The predicted molar refractivity (Wildman–Crippen MR) is 74.0 cm³/mol. The molecule has 0 saturated heterocycles. The van der Waals surface area contributed by atoms with Crippen LogP contribution in [0.1, 0.15) is 54.4 Å². The van der Waals surface area contributed by atoms with Crippen LogP contribution in [0, 0.1) is 5.41 Å². The summed E-state index contributed by atoms with van der Waals surface area (Å²) in [5.74, 6) is 0. The first-order chi connectivity index (χ1) is 7.83. The van der Waals surface area contributed by atoms with Crippen molar-refractivity contribution in [1.29, 1.82) is 0 Å². The molecule has 1 atom stereocenters. The standard InChI is InChI=1S/C15H26N2/c1-7-15(14(4,5)6,9-8-13(2)3)17-11-10-16-12-17/h8,10-12H,7,9H2,1-6H3. The highest BCUT2D eigenvalue weighted by molar-refractivity contribution is 5.05. The van der Waals surface area contributed by atoms with E-state index in [1.165, 1.54) is 5.57 Å². The first-order valence-electron chi connectivity index (χ1n) is 6.45. The van der Waals surface area contributed by atoms with E-state index >= 15 is 0 Å². The molecule has 0 aromatic carbocycles. The molecule has 0 radical (unpaired) electrons. The Kier molecular flexibility index (Phi) is 4.18. The van der Waals surface area contributed by atoms with Crippen molar-refractivity contribution in [3.63, 3.8) is 0 Å². The first kappa shape index (κ1) is 14.0. The van der Waals surface area contributed by atoms with Crippen molar-refractivity contribution < 1.29 is 0 Å². The Morgan fingerprint density at radius 2 is 1.94 bits per heavy atom. The average molecular weight is 234 g/mol. The van der Waals surface area contributed by atoms with E-state index in [1.54, 1.807) is 0 Å². The number of hydrogen-bond acceptors (Lipinski definition) is 1. The van der Waals surface area contributed by atoms with Crippen molar-refractivity contribution in [2.24, 2.45) is 5.41 Å².